The van der Waals surface area contributed by atoms with Gasteiger partial charge in [0.25, 0.3) is 5.91 Å². The van der Waals surface area contributed by atoms with Crippen molar-refractivity contribution >= 4 is 5.91 Å². The third kappa shape index (κ3) is 2.55. The van der Waals surface area contributed by atoms with Gasteiger partial charge in [0.1, 0.15) is 6.10 Å². The van der Waals surface area contributed by atoms with E-state index < -0.39 is 6.10 Å². The van der Waals surface area contributed by atoms with Crippen LogP contribution in [-0.4, -0.2) is 53.9 Å². The smallest absolute Gasteiger partial charge is 0.290 e. The summed E-state index contributed by atoms with van der Waals surface area (Å²) < 4.78 is 1.76. The lowest BCUT2D eigenvalue weighted by Crippen LogP contribution is -2.38. The second-order valence-corrected chi connectivity index (χ2v) is 5.12. The summed E-state index contributed by atoms with van der Waals surface area (Å²) in [6, 6.07) is 1.72. The zero-order valence-corrected chi connectivity index (χ0v) is 11.7. The summed E-state index contributed by atoms with van der Waals surface area (Å²) in [6.07, 6.45) is 0.636. The van der Waals surface area contributed by atoms with Crippen LogP contribution in [0.3, 0.4) is 0 Å². The number of aliphatic hydroxyl groups excluding tert-OH is 2. The Bertz CT molecular complexity index is 663. The number of amides is 1. The number of hydrogen-bond donors (Lipinski definition) is 3. The lowest BCUT2D eigenvalue weighted by Gasteiger charge is -2.26. The first-order valence-electron chi connectivity index (χ1n) is 6.75. The van der Waals surface area contributed by atoms with Crippen LogP contribution in [0.2, 0.25) is 0 Å². The topological polar surface area (TPSA) is 107 Å². The van der Waals surface area contributed by atoms with E-state index in [0.29, 0.717) is 31.2 Å². The second-order valence-electron chi connectivity index (χ2n) is 5.12. The Morgan fingerprint density at radius 1 is 1.52 bits per heavy atom. The van der Waals surface area contributed by atoms with Crippen molar-refractivity contribution in [3.63, 3.8) is 0 Å². The number of H-pyrrole nitrogens is 1. The number of nitrogens with one attached hydrogen (secondary N) is 1. The van der Waals surface area contributed by atoms with E-state index in [-0.39, 0.29) is 12.5 Å². The van der Waals surface area contributed by atoms with E-state index in [1.807, 2.05) is 6.92 Å². The van der Waals surface area contributed by atoms with Gasteiger partial charge in [0.2, 0.25) is 0 Å². The fourth-order valence-electron chi connectivity index (χ4n) is 2.39. The second kappa shape index (κ2) is 5.30. The van der Waals surface area contributed by atoms with Crippen LogP contribution in [-0.2, 0) is 13.1 Å². The molecule has 21 heavy (non-hydrogen) atoms. The third-order valence-corrected chi connectivity index (χ3v) is 3.52. The number of aryl methyl sites for hydroxylation is 1. The molecule has 8 heteroatoms. The zero-order valence-electron chi connectivity index (χ0n) is 11.7. The number of aromatic nitrogens is 4. The standard InChI is InChI=1S/C13H17N5O3/c1-8-5-14-12(15-8)13(21)17-2-3-18-9(6-17)4-10(16-18)11(20)7-19/h4-5,11,19-20H,2-3,6-7H2,1H3,(H,14,15). The van der Waals surface area contributed by atoms with Gasteiger partial charge in [-0.25, -0.2) is 4.98 Å². The van der Waals surface area contributed by atoms with E-state index in [9.17, 15) is 9.90 Å². The zero-order chi connectivity index (χ0) is 15.0. The maximum Gasteiger partial charge on any atom is 0.290 e. The molecule has 0 radical (unpaired) electrons. The van der Waals surface area contributed by atoms with Gasteiger partial charge < -0.3 is 20.1 Å². The summed E-state index contributed by atoms with van der Waals surface area (Å²) in [5.74, 6) is 0.177. The van der Waals surface area contributed by atoms with Crippen molar-refractivity contribution in [1.29, 1.82) is 0 Å². The number of hydrogen-bond acceptors (Lipinski definition) is 5. The molecule has 0 aromatic carbocycles. The minimum absolute atomic E-state index is 0.153. The lowest BCUT2D eigenvalue weighted by molar-refractivity contribution is 0.0693. The van der Waals surface area contributed by atoms with Crippen molar-refractivity contribution < 1.29 is 15.0 Å². The maximum absolute atomic E-state index is 12.3. The molecule has 1 amide bonds. The number of nitrogens with zero attached hydrogens (tertiary/aromatic N) is 4. The van der Waals surface area contributed by atoms with E-state index in [0.717, 1.165) is 11.4 Å². The van der Waals surface area contributed by atoms with Gasteiger partial charge >= 0.3 is 0 Å². The Labute approximate surface area is 121 Å². The molecule has 0 aliphatic carbocycles. The van der Waals surface area contributed by atoms with E-state index >= 15 is 0 Å². The number of carbonyl (C=O) groups excluding carboxylic acids is 1. The lowest BCUT2D eigenvalue weighted by atomic mass is 10.2. The minimum Gasteiger partial charge on any atom is -0.393 e. The van der Waals surface area contributed by atoms with Crippen molar-refractivity contribution in [2.45, 2.75) is 26.1 Å². The molecule has 0 saturated heterocycles. The highest BCUT2D eigenvalue weighted by atomic mass is 16.3. The number of fused-ring (bicyclic) bond motifs is 1. The molecular weight excluding hydrogens is 274 g/mol. The van der Waals surface area contributed by atoms with Gasteiger partial charge in [-0.3, -0.25) is 9.48 Å². The molecule has 0 bridgehead atoms. The van der Waals surface area contributed by atoms with Crippen LogP contribution in [0.4, 0.5) is 0 Å². The molecular formula is C13H17N5O3. The van der Waals surface area contributed by atoms with Crippen LogP contribution < -0.4 is 0 Å². The summed E-state index contributed by atoms with van der Waals surface area (Å²) in [6.45, 7) is 2.97. The predicted octanol–water partition coefficient (Wildman–Crippen LogP) is -0.404. The highest BCUT2D eigenvalue weighted by Gasteiger charge is 2.25. The molecule has 3 heterocycles. The van der Waals surface area contributed by atoms with Crippen LogP contribution >= 0.6 is 0 Å². The minimum atomic E-state index is -0.986. The first kappa shape index (κ1) is 13.8. The van der Waals surface area contributed by atoms with E-state index in [4.69, 9.17) is 5.11 Å². The largest absolute Gasteiger partial charge is 0.393 e. The Kier molecular flexibility index (Phi) is 3.48. The van der Waals surface area contributed by atoms with Crippen molar-refractivity contribution in [3.8, 4) is 0 Å². The molecule has 1 aliphatic rings. The summed E-state index contributed by atoms with van der Waals surface area (Å²) in [5.41, 5.74) is 2.10. The Hall–Kier alpha value is -2.19. The average Bonchev–Trinajstić information content (AvgIpc) is 3.10. The molecule has 0 fully saturated rings. The van der Waals surface area contributed by atoms with Gasteiger partial charge in [-0.05, 0) is 13.0 Å². The fourth-order valence-corrected chi connectivity index (χ4v) is 2.39. The molecule has 3 rings (SSSR count). The van der Waals surface area contributed by atoms with Gasteiger partial charge in [0.15, 0.2) is 5.82 Å². The van der Waals surface area contributed by atoms with Crippen LogP contribution in [0.5, 0.6) is 0 Å². The van der Waals surface area contributed by atoms with Crippen molar-refractivity contribution in [2.75, 3.05) is 13.2 Å². The summed E-state index contributed by atoms with van der Waals surface area (Å²) >= 11 is 0. The summed E-state index contributed by atoms with van der Waals surface area (Å²) in [5, 5.41) is 22.8. The van der Waals surface area contributed by atoms with Gasteiger partial charge in [-0.15, -0.1) is 0 Å². The third-order valence-electron chi connectivity index (χ3n) is 3.52. The summed E-state index contributed by atoms with van der Waals surface area (Å²) in [7, 11) is 0. The maximum atomic E-state index is 12.3. The molecule has 2 aromatic rings. The van der Waals surface area contributed by atoms with Crippen LogP contribution in [0, 0.1) is 6.92 Å². The Balaban J connectivity index is 1.78. The molecule has 1 aliphatic heterocycles. The molecule has 2 aromatic heterocycles. The van der Waals surface area contributed by atoms with Gasteiger partial charge in [-0.1, -0.05) is 0 Å². The van der Waals surface area contributed by atoms with Crippen LogP contribution in [0.15, 0.2) is 12.3 Å². The van der Waals surface area contributed by atoms with Gasteiger partial charge in [0.05, 0.1) is 31.1 Å². The first-order chi connectivity index (χ1) is 10.1. The number of aliphatic hydroxyl groups is 2. The number of imidazole rings is 1. The van der Waals surface area contributed by atoms with Crippen LogP contribution in [0.1, 0.15) is 33.8 Å². The molecule has 0 saturated carbocycles. The van der Waals surface area contributed by atoms with E-state index in [2.05, 4.69) is 15.1 Å². The number of rotatable bonds is 3. The monoisotopic (exact) mass is 291 g/mol. The van der Waals surface area contributed by atoms with Gasteiger partial charge in [0, 0.05) is 18.4 Å². The highest BCUT2D eigenvalue weighted by Crippen LogP contribution is 2.19. The average molecular weight is 291 g/mol. The predicted molar refractivity (Wildman–Crippen MR) is 72.3 cm³/mol. The normalized spacial score (nSPS) is 15.9. The highest BCUT2D eigenvalue weighted by molar-refractivity contribution is 5.90. The number of carbonyl (C=O) groups is 1. The quantitative estimate of drug-likeness (QED) is 0.713. The van der Waals surface area contributed by atoms with Gasteiger partial charge in [-0.2, -0.15) is 5.10 Å². The van der Waals surface area contributed by atoms with Crippen LogP contribution in [0.25, 0.3) is 0 Å². The first-order valence-corrected chi connectivity index (χ1v) is 6.75. The molecule has 3 N–H and O–H groups in total. The Morgan fingerprint density at radius 2 is 2.33 bits per heavy atom. The van der Waals surface area contributed by atoms with E-state index in [1.165, 1.54) is 0 Å². The summed E-state index contributed by atoms with van der Waals surface area (Å²) in [4.78, 5) is 21.0. The molecule has 0 spiro atoms. The SMILES string of the molecule is Cc1cnc(C(=O)N2CCn3nc(C(O)CO)cc3C2)[nH]1. The molecule has 1 unspecified atom stereocenters. The molecule has 112 valence electrons. The van der Waals surface area contributed by atoms with Crippen molar-refractivity contribution in [1.82, 2.24) is 24.6 Å². The fraction of sp³-hybridized carbons (Fsp3) is 0.462. The molecule has 8 nitrogen and oxygen atoms in total. The van der Waals surface area contributed by atoms with E-state index in [1.54, 1.807) is 21.8 Å². The molecule has 1 atom stereocenters. The Morgan fingerprint density at radius 3 is 3.00 bits per heavy atom. The van der Waals surface area contributed by atoms with Crippen molar-refractivity contribution in [3.05, 3.63) is 35.2 Å². The van der Waals surface area contributed by atoms with Crippen molar-refractivity contribution in [2.24, 2.45) is 0 Å². The number of aromatic amines is 1.